The van der Waals surface area contributed by atoms with Crippen molar-refractivity contribution in [1.29, 1.82) is 0 Å². The van der Waals surface area contributed by atoms with E-state index in [1.165, 1.54) is 0 Å². The number of phenolic OH excluding ortho intramolecular Hbond substituents is 1. The number of hydrogen-bond acceptors (Lipinski definition) is 4. The summed E-state index contributed by atoms with van der Waals surface area (Å²) in [7, 11) is 0. The summed E-state index contributed by atoms with van der Waals surface area (Å²) in [5.41, 5.74) is 0.801. The Morgan fingerprint density at radius 2 is 1.95 bits per heavy atom. The highest BCUT2D eigenvalue weighted by Gasteiger charge is 2.09. The summed E-state index contributed by atoms with van der Waals surface area (Å²) in [6.45, 7) is 5.26. The quantitative estimate of drug-likeness (QED) is 0.876. The average molecular weight is 284 g/mol. The fourth-order valence-corrected chi connectivity index (χ4v) is 2.60. The van der Waals surface area contributed by atoms with Crippen LogP contribution in [-0.2, 0) is 4.74 Å². The number of phenols is 1. The van der Waals surface area contributed by atoms with Crippen LogP contribution in [0.1, 0.15) is 5.56 Å². The topological polar surface area (TPSA) is 45.1 Å². The molecule has 0 aliphatic carbocycles. The van der Waals surface area contributed by atoms with E-state index < -0.39 is 0 Å². The van der Waals surface area contributed by atoms with Crippen LogP contribution in [-0.4, -0.2) is 55.6 Å². The smallest absolute Gasteiger partial charge is 0.124 e. The van der Waals surface area contributed by atoms with Gasteiger partial charge in [-0.15, -0.1) is 0 Å². The molecule has 2 aromatic rings. The molecule has 1 fully saturated rings. The van der Waals surface area contributed by atoms with Crippen LogP contribution in [0.15, 0.2) is 41.4 Å². The Hall–Kier alpha value is -1.91. The van der Waals surface area contributed by atoms with Crippen LogP contribution in [0.2, 0.25) is 0 Å². The van der Waals surface area contributed by atoms with Gasteiger partial charge in [-0.25, -0.2) is 0 Å². The van der Waals surface area contributed by atoms with Gasteiger partial charge in [0.25, 0.3) is 0 Å². The van der Waals surface area contributed by atoms with Crippen molar-refractivity contribution in [2.24, 2.45) is 4.99 Å². The van der Waals surface area contributed by atoms with E-state index in [9.17, 15) is 5.11 Å². The minimum Gasteiger partial charge on any atom is -0.507 e. The maximum Gasteiger partial charge on any atom is 0.124 e. The summed E-state index contributed by atoms with van der Waals surface area (Å²) in [5.74, 6) is 0.281. The summed E-state index contributed by atoms with van der Waals surface area (Å²) in [6, 6.07) is 11.7. The van der Waals surface area contributed by atoms with Gasteiger partial charge in [0.15, 0.2) is 0 Å². The number of ether oxygens (including phenoxy) is 1. The van der Waals surface area contributed by atoms with E-state index in [1.54, 1.807) is 12.3 Å². The first-order valence-corrected chi connectivity index (χ1v) is 7.35. The molecule has 2 aromatic carbocycles. The predicted molar refractivity (Wildman–Crippen MR) is 85.3 cm³/mol. The molecule has 0 atom stereocenters. The molecule has 1 aliphatic rings. The van der Waals surface area contributed by atoms with Gasteiger partial charge < -0.3 is 9.84 Å². The van der Waals surface area contributed by atoms with Crippen molar-refractivity contribution in [1.82, 2.24) is 4.90 Å². The molecule has 110 valence electrons. The fraction of sp³-hybridized carbons (Fsp3) is 0.353. The molecular formula is C17H20N2O2. The van der Waals surface area contributed by atoms with E-state index in [4.69, 9.17) is 4.74 Å². The molecule has 1 N–H and O–H groups in total. The molecule has 0 spiro atoms. The molecule has 0 bridgehead atoms. The highest BCUT2D eigenvalue weighted by Crippen LogP contribution is 2.25. The van der Waals surface area contributed by atoms with Gasteiger partial charge in [0.1, 0.15) is 5.75 Å². The maximum absolute atomic E-state index is 10.0. The zero-order chi connectivity index (χ0) is 14.5. The highest BCUT2D eigenvalue weighted by atomic mass is 16.5. The summed E-state index contributed by atoms with van der Waals surface area (Å²) in [5, 5.41) is 12.2. The van der Waals surface area contributed by atoms with Crippen molar-refractivity contribution in [3.8, 4) is 5.75 Å². The van der Waals surface area contributed by atoms with Gasteiger partial charge >= 0.3 is 0 Å². The van der Waals surface area contributed by atoms with Crippen molar-refractivity contribution in [3.05, 3.63) is 42.0 Å². The second-order valence-electron chi connectivity index (χ2n) is 5.21. The first kappa shape index (κ1) is 14.0. The summed E-state index contributed by atoms with van der Waals surface area (Å²) in [4.78, 5) is 6.83. The summed E-state index contributed by atoms with van der Waals surface area (Å²) in [6.07, 6.45) is 1.79. The van der Waals surface area contributed by atoms with Crippen molar-refractivity contribution in [2.45, 2.75) is 0 Å². The van der Waals surface area contributed by atoms with Gasteiger partial charge in [-0.05, 0) is 16.8 Å². The Kier molecular flexibility index (Phi) is 4.48. The van der Waals surface area contributed by atoms with Crippen LogP contribution in [0.4, 0.5) is 0 Å². The van der Waals surface area contributed by atoms with Crippen LogP contribution in [0.5, 0.6) is 5.75 Å². The van der Waals surface area contributed by atoms with Crippen LogP contribution in [0.3, 0.4) is 0 Å². The van der Waals surface area contributed by atoms with Crippen LogP contribution in [0, 0.1) is 0 Å². The van der Waals surface area contributed by atoms with E-state index in [2.05, 4.69) is 9.89 Å². The van der Waals surface area contributed by atoms with Crippen LogP contribution in [0.25, 0.3) is 10.8 Å². The largest absolute Gasteiger partial charge is 0.507 e. The fourth-order valence-electron chi connectivity index (χ4n) is 2.60. The van der Waals surface area contributed by atoms with E-state index in [0.29, 0.717) is 0 Å². The van der Waals surface area contributed by atoms with Crippen molar-refractivity contribution < 1.29 is 9.84 Å². The van der Waals surface area contributed by atoms with E-state index >= 15 is 0 Å². The molecule has 0 amide bonds. The van der Waals surface area contributed by atoms with Gasteiger partial charge in [0.2, 0.25) is 0 Å². The Balaban J connectivity index is 1.69. The lowest BCUT2D eigenvalue weighted by atomic mass is 10.0. The molecule has 0 radical (unpaired) electrons. The Morgan fingerprint density at radius 1 is 1.14 bits per heavy atom. The number of rotatable bonds is 4. The Morgan fingerprint density at radius 3 is 2.81 bits per heavy atom. The first-order chi connectivity index (χ1) is 10.3. The molecule has 0 aromatic heterocycles. The number of nitrogens with zero attached hydrogens (tertiary/aromatic N) is 2. The number of aliphatic imine (C=N–C) groups is 1. The van der Waals surface area contributed by atoms with Crippen molar-refractivity contribution in [2.75, 3.05) is 39.4 Å². The second kappa shape index (κ2) is 6.70. The molecule has 1 heterocycles. The Labute approximate surface area is 124 Å². The third-order valence-corrected chi connectivity index (χ3v) is 3.82. The molecular weight excluding hydrogens is 264 g/mol. The Bertz CT molecular complexity index is 634. The monoisotopic (exact) mass is 284 g/mol. The average Bonchev–Trinajstić information content (AvgIpc) is 2.54. The van der Waals surface area contributed by atoms with Gasteiger partial charge in [-0.2, -0.15) is 0 Å². The van der Waals surface area contributed by atoms with Gasteiger partial charge in [0, 0.05) is 31.4 Å². The lowest BCUT2D eigenvalue weighted by Gasteiger charge is -2.25. The van der Waals surface area contributed by atoms with E-state index in [-0.39, 0.29) is 5.75 Å². The number of fused-ring (bicyclic) bond motifs is 1. The molecule has 0 saturated carbocycles. The highest BCUT2D eigenvalue weighted by molar-refractivity contribution is 6.02. The molecule has 21 heavy (non-hydrogen) atoms. The second-order valence-corrected chi connectivity index (χ2v) is 5.21. The third kappa shape index (κ3) is 3.40. The molecule has 3 rings (SSSR count). The number of aromatic hydroxyl groups is 1. The van der Waals surface area contributed by atoms with Crippen molar-refractivity contribution in [3.63, 3.8) is 0 Å². The van der Waals surface area contributed by atoms with E-state index in [1.807, 2.05) is 30.3 Å². The molecule has 1 saturated heterocycles. The third-order valence-electron chi connectivity index (χ3n) is 3.82. The van der Waals surface area contributed by atoms with Gasteiger partial charge in [-0.1, -0.05) is 30.3 Å². The number of benzene rings is 2. The minimum absolute atomic E-state index is 0.281. The van der Waals surface area contributed by atoms with Gasteiger partial charge in [-0.3, -0.25) is 9.89 Å². The number of hydrogen-bond donors (Lipinski definition) is 1. The zero-order valence-electron chi connectivity index (χ0n) is 12.0. The maximum atomic E-state index is 10.0. The lowest BCUT2D eigenvalue weighted by molar-refractivity contribution is 0.0395. The first-order valence-electron chi connectivity index (χ1n) is 7.35. The lowest BCUT2D eigenvalue weighted by Crippen LogP contribution is -2.37. The zero-order valence-corrected chi connectivity index (χ0v) is 12.0. The predicted octanol–water partition coefficient (Wildman–Crippen LogP) is 2.30. The molecule has 4 nitrogen and oxygen atoms in total. The molecule has 4 heteroatoms. The minimum atomic E-state index is 0.281. The standard InChI is InChI=1S/C17H20N2O2/c20-17-6-5-14-3-1-2-4-15(14)16(17)13-18-7-8-19-9-11-21-12-10-19/h1-6,13,20H,7-12H2. The van der Waals surface area contributed by atoms with Crippen LogP contribution < -0.4 is 0 Å². The summed E-state index contributed by atoms with van der Waals surface area (Å²) >= 11 is 0. The van der Waals surface area contributed by atoms with Gasteiger partial charge in [0.05, 0.1) is 19.8 Å². The van der Waals surface area contributed by atoms with Crippen LogP contribution >= 0.6 is 0 Å². The normalized spacial score (nSPS) is 16.8. The summed E-state index contributed by atoms with van der Waals surface area (Å²) < 4.78 is 5.33. The SMILES string of the molecule is Oc1ccc2ccccc2c1C=NCCN1CCOCC1. The molecule has 0 unspecified atom stereocenters. The van der Waals surface area contributed by atoms with E-state index in [0.717, 1.165) is 55.7 Å². The molecule has 1 aliphatic heterocycles. The van der Waals surface area contributed by atoms with Crippen molar-refractivity contribution >= 4 is 17.0 Å². The number of morpholine rings is 1.